The number of hydrogen-bond acceptors (Lipinski definition) is 5. The van der Waals surface area contributed by atoms with Gasteiger partial charge in [0.2, 0.25) is 17.7 Å². The Morgan fingerprint density at radius 2 is 2.29 bits per heavy atom. The van der Waals surface area contributed by atoms with E-state index in [1.54, 1.807) is 13.0 Å². The van der Waals surface area contributed by atoms with Crippen LogP contribution in [-0.4, -0.2) is 47.5 Å². The molecule has 1 saturated heterocycles. The zero-order valence-corrected chi connectivity index (χ0v) is 14.8. The Bertz CT molecular complexity index is 558. The molecule has 2 atom stereocenters. The standard InChI is InChI=1S/C17H28N4O3/c1-4-6-12(2)18-17(23)14-7-5-8-21(10-14)11-15(22)19-16-9-13(3)20-24-16/h9,12,14H,4-8,10-11H2,1-3H3,(H,18,23)(H,19,22)/t12-,14+/m1/s1. The minimum absolute atomic E-state index is 0.0432. The van der Waals surface area contributed by atoms with Crippen LogP contribution >= 0.6 is 0 Å². The highest BCUT2D eigenvalue weighted by Crippen LogP contribution is 2.17. The zero-order valence-electron chi connectivity index (χ0n) is 14.8. The van der Waals surface area contributed by atoms with E-state index in [0.29, 0.717) is 12.4 Å². The number of nitrogens with zero attached hydrogens (tertiary/aromatic N) is 2. The Morgan fingerprint density at radius 3 is 2.96 bits per heavy atom. The van der Waals surface area contributed by atoms with Crippen LogP contribution in [0.25, 0.3) is 0 Å². The first-order chi connectivity index (χ1) is 11.5. The Balaban J connectivity index is 1.79. The van der Waals surface area contributed by atoms with Crippen LogP contribution in [0.1, 0.15) is 45.2 Å². The van der Waals surface area contributed by atoms with Gasteiger partial charge >= 0.3 is 0 Å². The predicted molar refractivity (Wildman–Crippen MR) is 91.5 cm³/mol. The summed E-state index contributed by atoms with van der Waals surface area (Å²) in [5.74, 6) is 0.272. The van der Waals surface area contributed by atoms with Crippen molar-refractivity contribution >= 4 is 17.7 Å². The lowest BCUT2D eigenvalue weighted by atomic mass is 9.96. The summed E-state index contributed by atoms with van der Waals surface area (Å²) in [5.41, 5.74) is 0.723. The monoisotopic (exact) mass is 336 g/mol. The Hall–Kier alpha value is -1.89. The van der Waals surface area contributed by atoms with Gasteiger partial charge in [0.05, 0.1) is 18.2 Å². The molecule has 2 amide bonds. The molecule has 1 aliphatic rings. The fraction of sp³-hybridized carbons (Fsp3) is 0.706. The van der Waals surface area contributed by atoms with Crippen molar-refractivity contribution in [1.82, 2.24) is 15.4 Å². The topological polar surface area (TPSA) is 87.5 Å². The van der Waals surface area contributed by atoms with Crippen LogP contribution in [0, 0.1) is 12.8 Å². The van der Waals surface area contributed by atoms with Gasteiger partial charge in [0, 0.05) is 18.7 Å². The Morgan fingerprint density at radius 1 is 1.50 bits per heavy atom. The summed E-state index contributed by atoms with van der Waals surface area (Å²) in [6.45, 7) is 7.65. The predicted octanol–water partition coefficient (Wildman–Crippen LogP) is 1.94. The van der Waals surface area contributed by atoms with Crippen molar-refractivity contribution in [3.8, 4) is 0 Å². The highest BCUT2D eigenvalue weighted by Gasteiger charge is 2.27. The molecule has 0 aromatic carbocycles. The SMILES string of the molecule is CCC[C@@H](C)NC(=O)[C@H]1CCCN(CC(=O)Nc2cc(C)no2)C1. The Labute approximate surface area is 143 Å². The first-order valence-corrected chi connectivity index (χ1v) is 8.73. The molecule has 0 bridgehead atoms. The second kappa shape index (κ2) is 8.82. The molecule has 2 N–H and O–H groups in total. The lowest BCUT2D eigenvalue weighted by molar-refractivity contribution is -0.128. The number of carbonyl (C=O) groups is 2. The summed E-state index contributed by atoms with van der Waals surface area (Å²) in [7, 11) is 0. The number of nitrogens with one attached hydrogen (secondary N) is 2. The lowest BCUT2D eigenvalue weighted by Crippen LogP contribution is -2.47. The second-order valence-electron chi connectivity index (χ2n) is 6.65. The Kier molecular flexibility index (Phi) is 6.78. The summed E-state index contributed by atoms with van der Waals surface area (Å²) in [4.78, 5) is 26.5. The fourth-order valence-electron chi connectivity index (χ4n) is 3.08. The van der Waals surface area contributed by atoms with Gasteiger partial charge < -0.3 is 9.84 Å². The highest BCUT2D eigenvalue weighted by molar-refractivity contribution is 5.91. The molecule has 0 saturated carbocycles. The number of anilines is 1. The normalized spacial score (nSPS) is 19.7. The molecule has 1 fully saturated rings. The largest absolute Gasteiger partial charge is 0.353 e. The van der Waals surface area contributed by atoms with Crippen LogP contribution in [-0.2, 0) is 9.59 Å². The minimum atomic E-state index is -0.147. The molecule has 0 unspecified atom stereocenters. The van der Waals surface area contributed by atoms with Crippen LogP contribution < -0.4 is 10.6 Å². The minimum Gasteiger partial charge on any atom is -0.353 e. The van der Waals surface area contributed by atoms with Gasteiger partial charge in [0.1, 0.15) is 0 Å². The van der Waals surface area contributed by atoms with E-state index in [4.69, 9.17) is 4.52 Å². The summed E-state index contributed by atoms with van der Waals surface area (Å²) in [6, 6.07) is 1.88. The molecule has 1 aliphatic heterocycles. The molecular formula is C17H28N4O3. The number of carbonyl (C=O) groups excluding carboxylic acids is 2. The van der Waals surface area contributed by atoms with Crippen molar-refractivity contribution in [2.45, 2.75) is 52.5 Å². The fourth-order valence-corrected chi connectivity index (χ4v) is 3.08. The van der Waals surface area contributed by atoms with Crippen LogP contribution in [0.2, 0.25) is 0 Å². The number of hydrogen-bond donors (Lipinski definition) is 2. The summed E-state index contributed by atoms with van der Waals surface area (Å²) in [5, 5.41) is 9.51. The first-order valence-electron chi connectivity index (χ1n) is 8.73. The molecule has 7 heteroatoms. The van der Waals surface area contributed by atoms with E-state index < -0.39 is 0 Å². The molecule has 0 radical (unpaired) electrons. The maximum atomic E-state index is 12.3. The smallest absolute Gasteiger partial charge is 0.240 e. The summed E-state index contributed by atoms with van der Waals surface area (Å²) in [6.07, 6.45) is 3.85. The van der Waals surface area contributed by atoms with Crippen molar-refractivity contribution < 1.29 is 14.1 Å². The van der Waals surface area contributed by atoms with Crippen LogP contribution in [0.15, 0.2) is 10.6 Å². The van der Waals surface area contributed by atoms with Gasteiger partial charge in [-0.2, -0.15) is 0 Å². The van der Waals surface area contributed by atoms with Crippen molar-refractivity contribution in [1.29, 1.82) is 0 Å². The second-order valence-corrected chi connectivity index (χ2v) is 6.65. The highest BCUT2D eigenvalue weighted by atomic mass is 16.5. The van der Waals surface area contributed by atoms with Crippen molar-refractivity contribution in [3.63, 3.8) is 0 Å². The molecule has 1 aromatic rings. The van der Waals surface area contributed by atoms with Gasteiger partial charge in [-0.1, -0.05) is 18.5 Å². The number of amides is 2. The van der Waals surface area contributed by atoms with Crippen LogP contribution in [0.5, 0.6) is 0 Å². The van der Waals surface area contributed by atoms with Crippen LogP contribution in [0.3, 0.4) is 0 Å². The van der Waals surface area contributed by atoms with E-state index in [0.717, 1.165) is 37.9 Å². The molecule has 7 nitrogen and oxygen atoms in total. The van der Waals surface area contributed by atoms with E-state index in [1.807, 2.05) is 11.8 Å². The third-order valence-corrected chi connectivity index (χ3v) is 4.24. The maximum Gasteiger partial charge on any atom is 0.240 e. The summed E-state index contributed by atoms with van der Waals surface area (Å²) >= 11 is 0. The van der Waals surface area contributed by atoms with Crippen molar-refractivity contribution in [2.24, 2.45) is 5.92 Å². The molecule has 1 aromatic heterocycles. The van der Waals surface area contributed by atoms with E-state index in [1.165, 1.54) is 0 Å². The molecule has 0 spiro atoms. The quantitative estimate of drug-likeness (QED) is 0.794. The molecule has 134 valence electrons. The molecule has 0 aliphatic carbocycles. The number of aryl methyl sites for hydroxylation is 1. The average Bonchev–Trinajstić information content (AvgIpc) is 2.92. The average molecular weight is 336 g/mol. The molecule has 24 heavy (non-hydrogen) atoms. The van der Waals surface area contributed by atoms with Gasteiger partial charge in [0.25, 0.3) is 0 Å². The van der Waals surface area contributed by atoms with Crippen molar-refractivity contribution in [3.05, 3.63) is 11.8 Å². The first kappa shape index (κ1) is 18.4. The van der Waals surface area contributed by atoms with Gasteiger partial charge in [-0.15, -0.1) is 0 Å². The zero-order chi connectivity index (χ0) is 17.5. The van der Waals surface area contributed by atoms with E-state index in [2.05, 4.69) is 22.7 Å². The van der Waals surface area contributed by atoms with Gasteiger partial charge in [-0.3, -0.25) is 19.8 Å². The van der Waals surface area contributed by atoms with Crippen molar-refractivity contribution in [2.75, 3.05) is 25.0 Å². The number of rotatable bonds is 7. The third kappa shape index (κ3) is 5.63. The number of likely N-dealkylation sites (tertiary alicyclic amines) is 1. The lowest BCUT2D eigenvalue weighted by Gasteiger charge is -2.32. The number of aromatic nitrogens is 1. The van der Waals surface area contributed by atoms with E-state index in [9.17, 15) is 9.59 Å². The molecule has 2 heterocycles. The van der Waals surface area contributed by atoms with Gasteiger partial charge in [-0.05, 0) is 39.7 Å². The summed E-state index contributed by atoms with van der Waals surface area (Å²) < 4.78 is 4.99. The maximum absolute atomic E-state index is 12.3. The van der Waals surface area contributed by atoms with Crippen LogP contribution in [0.4, 0.5) is 5.88 Å². The third-order valence-electron chi connectivity index (χ3n) is 4.24. The van der Waals surface area contributed by atoms with E-state index >= 15 is 0 Å². The molecular weight excluding hydrogens is 308 g/mol. The molecule has 2 rings (SSSR count). The van der Waals surface area contributed by atoms with E-state index in [-0.39, 0.29) is 30.3 Å². The van der Waals surface area contributed by atoms with Gasteiger partial charge in [-0.25, -0.2) is 0 Å². The van der Waals surface area contributed by atoms with Gasteiger partial charge in [0.15, 0.2) is 0 Å². The number of piperidine rings is 1.